The van der Waals surface area contributed by atoms with Gasteiger partial charge in [0.15, 0.2) is 0 Å². The van der Waals surface area contributed by atoms with E-state index in [4.69, 9.17) is 6.42 Å². The van der Waals surface area contributed by atoms with Crippen molar-refractivity contribution in [3.05, 3.63) is 18.5 Å². The highest BCUT2D eigenvalue weighted by atomic mass is 15.3. The predicted octanol–water partition coefficient (Wildman–Crippen LogP) is 0.884. The molecule has 70 valence electrons. The molecule has 1 unspecified atom stereocenters. The molecule has 0 fully saturated rings. The summed E-state index contributed by atoms with van der Waals surface area (Å²) >= 11 is 0. The first-order valence-electron chi connectivity index (χ1n) is 4.47. The Morgan fingerprint density at radius 3 is 3.15 bits per heavy atom. The number of nitrogens with one attached hydrogen (secondary N) is 1. The molecule has 0 spiro atoms. The topological polar surface area (TPSA) is 29.9 Å². The summed E-state index contributed by atoms with van der Waals surface area (Å²) in [5.74, 6) is 2.56. The zero-order valence-electron chi connectivity index (χ0n) is 7.90. The van der Waals surface area contributed by atoms with Crippen molar-refractivity contribution in [1.29, 1.82) is 0 Å². The molecule has 0 saturated heterocycles. The first-order chi connectivity index (χ1) is 6.33. The van der Waals surface area contributed by atoms with Gasteiger partial charge in [0.25, 0.3) is 0 Å². The van der Waals surface area contributed by atoms with E-state index < -0.39 is 0 Å². The normalized spacial score (nSPS) is 12.3. The van der Waals surface area contributed by atoms with Crippen LogP contribution in [0.5, 0.6) is 0 Å². The minimum Gasteiger partial charge on any atom is -0.304 e. The van der Waals surface area contributed by atoms with Crippen LogP contribution < -0.4 is 5.32 Å². The van der Waals surface area contributed by atoms with E-state index in [0.29, 0.717) is 12.6 Å². The van der Waals surface area contributed by atoms with Crippen LogP contribution in [0.25, 0.3) is 0 Å². The Morgan fingerprint density at radius 2 is 2.54 bits per heavy atom. The zero-order chi connectivity index (χ0) is 9.52. The van der Waals surface area contributed by atoms with E-state index in [9.17, 15) is 0 Å². The summed E-state index contributed by atoms with van der Waals surface area (Å²) in [6.07, 6.45) is 9.94. The number of nitrogens with zero attached hydrogens (tertiary/aromatic N) is 2. The quantitative estimate of drug-likeness (QED) is 0.677. The third-order valence-corrected chi connectivity index (χ3v) is 1.90. The third kappa shape index (κ3) is 3.77. The fourth-order valence-corrected chi connectivity index (χ4v) is 1.09. The SMILES string of the molecule is C#CCNC(C)CCn1cccn1. The summed E-state index contributed by atoms with van der Waals surface area (Å²) in [7, 11) is 0. The van der Waals surface area contributed by atoms with Crippen molar-refractivity contribution in [2.24, 2.45) is 0 Å². The number of hydrogen-bond donors (Lipinski definition) is 1. The first-order valence-corrected chi connectivity index (χ1v) is 4.47. The Balaban J connectivity index is 2.16. The summed E-state index contributed by atoms with van der Waals surface area (Å²) in [6, 6.07) is 2.37. The molecular formula is C10H15N3. The Hall–Kier alpha value is -1.27. The van der Waals surface area contributed by atoms with E-state index in [0.717, 1.165) is 13.0 Å². The lowest BCUT2D eigenvalue weighted by Crippen LogP contribution is -2.27. The second-order valence-electron chi connectivity index (χ2n) is 3.04. The molecule has 0 amide bonds. The number of aryl methyl sites for hydroxylation is 1. The summed E-state index contributed by atoms with van der Waals surface area (Å²) in [6.45, 7) is 3.70. The highest BCUT2D eigenvalue weighted by Gasteiger charge is 1.99. The fraction of sp³-hybridized carbons (Fsp3) is 0.500. The van der Waals surface area contributed by atoms with Crippen LogP contribution in [0, 0.1) is 12.3 Å². The molecule has 1 aromatic rings. The summed E-state index contributed by atoms with van der Waals surface area (Å²) in [5.41, 5.74) is 0. The molecular weight excluding hydrogens is 162 g/mol. The molecule has 0 aliphatic carbocycles. The third-order valence-electron chi connectivity index (χ3n) is 1.90. The van der Waals surface area contributed by atoms with E-state index >= 15 is 0 Å². The maximum atomic E-state index is 5.14. The van der Waals surface area contributed by atoms with Gasteiger partial charge in [-0.1, -0.05) is 5.92 Å². The largest absolute Gasteiger partial charge is 0.304 e. The van der Waals surface area contributed by atoms with Crippen LogP contribution in [0.2, 0.25) is 0 Å². The highest BCUT2D eigenvalue weighted by molar-refractivity contribution is 4.87. The minimum absolute atomic E-state index is 0.445. The van der Waals surface area contributed by atoms with Gasteiger partial charge in [0, 0.05) is 25.0 Å². The molecule has 3 nitrogen and oxygen atoms in total. The molecule has 1 aromatic heterocycles. The van der Waals surface area contributed by atoms with Gasteiger partial charge in [0.05, 0.1) is 6.54 Å². The molecule has 1 heterocycles. The van der Waals surface area contributed by atoms with Gasteiger partial charge >= 0.3 is 0 Å². The smallest absolute Gasteiger partial charge is 0.0575 e. The van der Waals surface area contributed by atoms with Crippen molar-refractivity contribution >= 4 is 0 Å². The molecule has 1 N–H and O–H groups in total. The van der Waals surface area contributed by atoms with Crippen LogP contribution in [0.4, 0.5) is 0 Å². The van der Waals surface area contributed by atoms with Gasteiger partial charge in [-0.3, -0.25) is 4.68 Å². The molecule has 1 atom stereocenters. The van der Waals surface area contributed by atoms with Crippen molar-refractivity contribution < 1.29 is 0 Å². The number of aromatic nitrogens is 2. The molecule has 13 heavy (non-hydrogen) atoms. The highest BCUT2D eigenvalue weighted by Crippen LogP contribution is 1.94. The van der Waals surface area contributed by atoms with E-state index in [2.05, 4.69) is 23.3 Å². The maximum absolute atomic E-state index is 5.14. The summed E-state index contributed by atoms with van der Waals surface area (Å²) < 4.78 is 1.92. The average Bonchev–Trinajstić information content (AvgIpc) is 2.64. The molecule has 0 saturated carbocycles. The van der Waals surface area contributed by atoms with E-state index in [1.165, 1.54) is 0 Å². The Morgan fingerprint density at radius 1 is 1.69 bits per heavy atom. The van der Waals surface area contributed by atoms with E-state index in [1.807, 2.05) is 16.9 Å². The maximum Gasteiger partial charge on any atom is 0.0575 e. The minimum atomic E-state index is 0.445. The van der Waals surface area contributed by atoms with E-state index in [-0.39, 0.29) is 0 Å². The lowest BCUT2D eigenvalue weighted by Gasteiger charge is -2.11. The predicted molar refractivity (Wildman–Crippen MR) is 53.1 cm³/mol. The molecule has 0 bridgehead atoms. The average molecular weight is 177 g/mol. The van der Waals surface area contributed by atoms with Gasteiger partial charge in [-0.2, -0.15) is 5.10 Å². The molecule has 0 aromatic carbocycles. The van der Waals surface area contributed by atoms with Gasteiger partial charge in [-0.25, -0.2) is 0 Å². The van der Waals surface area contributed by atoms with Gasteiger partial charge in [-0.05, 0) is 19.4 Å². The standard InChI is InChI=1S/C10H15N3/c1-3-6-11-10(2)5-9-13-8-4-7-12-13/h1,4,7-8,10-11H,5-6,9H2,2H3. The van der Waals surface area contributed by atoms with Gasteiger partial charge in [0.2, 0.25) is 0 Å². The van der Waals surface area contributed by atoms with Crippen LogP contribution >= 0.6 is 0 Å². The second kappa shape index (κ2) is 5.39. The van der Waals surface area contributed by atoms with Crippen LogP contribution in [-0.2, 0) is 6.54 Å². The van der Waals surface area contributed by atoms with Crippen molar-refractivity contribution in [3.63, 3.8) is 0 Å². The monoisotopic (exact) mass is 177 g/mol. The molecule has 0 radical (unpaired) electrons. The van der Waals surface area contributed by atoms with Gasteiger partial charge in [-0.15, -0.1) is 6.42 Å². The summed E-state index contributed by atoms with van der Waals surface area (Å²) in [4.78, 5) is 0. The van der Waals surface area contributed by atoms with E-state index in [1.54, 1.807) is 6.20 Å². The Bertz CT molecular complexity index is 258. The van der Waals surface area contributed by atoms with Crippen molar-refractivity contribution in [1.82, 2.24) is 15.1 Å². The Kier molecular flexibility index (Phi) is 4.07. The first kappa shape index (κ1) is 9.82. The molecule has 0 aliphatic rings. The number of rotatable bonds is 5. The Labute approximate surface area is 79.1 Å². The fourth-order valence-electron chi connectivity index (χ4n) is 1.09. The molecule has 1 rings (SSSR count). The van der Waals surface area contributed by atoms with Crippen molar-refractivity contribution in [2.75, 3.05) is 6.54 Å². The molecule has 3 heteroatoms. The van der Waals surface area contributed by atoms with Crippen LogP contribution in [0.15, 0.2) is 18.5 Å². The second-order valence-corrected chi connectivity index (χ2v) is 3.04. The van der Waals surface area contributed by atoms with Gasteiger partial charge in [0.1, 0.15) is 0 Å². The van der Waals surface area contributed by atoms with Crippen molar-refractivity contribution in [3.8, 4) is 12.3 Å². The lowest BCUT2D eigenvalue weighted by molar-refractivity contribution is 0.476. The number of terminal acetylenes is 1. The van der Waals surface area contributed by atoms with Crippen LogP contribution in [0.1, 0.15) is 13.3 Å². The van der Waals surface area contributed by atoms with Crippen LogP contribution in [0.3, 0.4) is 0 Å². The van der Waals surface area contributed by atoms with Crippen molar-refractivity contribution in [2.45, 2.75) is 25.9 Å². The zero-order valence-corrected chi connectivity index (χ0v) is 7.90. The lowest BCUT2D eigenvalue weighted by atomic mass is 10.2. The van der Waals surface area contributed by atoms with Gasteiger partial charge < -0.3 is 5.32 Å². The summed E-state index contributed by atoms with van der Waals surface area (Å²) in [5, 5.41) is 7.33. The molecule has 0 aliphatic heterocycles. The number of hydrogen-bond acceptors (Lipinski definition) is 2. The van der Waals surface area contributed by atoms with Crippen LogP contribution in [-0.4, -0.2) is 22.4 Å².